The van der Waals surface area contributed by atoms with Crippen LogP contribution in [0.5, 0.6) is 11.5 Å². The molecule has 2 atom stereocenters. The quantitative estimate of drug-likeness (QED) is 0.747. The van der Waals surface area contributed by atoms with Crippen molar-refractivity contribution in [3.8, 4) is 11.5 Å². The zero-order valence-corrected chi connectivity index (χ0v) is 19.4. The summed E-state index contributed by atoms with van der Waals surface area (Å²) in [6, 6.07) is 0. The van der Waals surface area contributed by atoms with Crippen LogP contribution in [0.15, 0.2) is 0 Å². The first kappa shape index (κ1) is 19.6. The van der Waals surface area contributed by atoms with E-state index in [1.807, 2.05) is 14.2 Å². The molecule has 0 unspecified atom stereocenters. The Morgan fingerprint density at radius 1 is 0.667 bits per heavy atom. The molecule has 0 bridgehead atoms. The van der Waals surface area contributed by atoms with Gasteiger partial charge >= 0.3 is 0 Å². The molecule has 0 saturated heterocycles. The van der Waals surface area contributed by atoms with Crippen molar-refractivity contribution in [2.75, 3.05) is 14.2 Å². The molecule has 1 aromatic rings. The molecule has 1 aromatic carbocycles. The highest BCUT2D eigenvalue weighted by molar-refractivity contribution is 6.91. The van der Waals surface area contributed by atoms with Crippen molar-refractivity contribution in [1.82, 2.24) is 0 Å². The Hall–Kier alpha value is -0.746. The Kier molecular flexibility index (Phi) is 5.32. The van der Waals surface area contributed by atoms with E-state index in [0.29, 0.717) is 0 Å². The monoisotopic (exact) mass is 364 g/mol. The molecule has 2 rings (SSSR count). The maximum absolute atomic E-state index is 5.99. The van der Waals surface area contributed by atoms with E-state index in [2.05, 4.69) is 53.1 Å². The van der Waals surface area contributed by atoms with E-state index in [0.717, 1.165) is 23.3 Å². The topological polar surface area (TPSA) is 18.5 Å². The molecule has 1 aliphatic rings. The average Bonchev–Trinajstić information content (AvgIpc) is 2.43. The second kappa shape index (κ2) is 6.52. The average molecular weight is 365 g/mol. The van der Waals surface area contributed by atoms with Gasteiger partial charge in [-0.1, -0.05) is 53.1 Å². The van der Waals surface area contributed by atoms with Crippen molar-refractivity contribution in [2.45, 2.75) is 66.0 Å². The molecule has 0 amide bonds. The number of rotatable bonds is 4. The number of fused-ring (bicyclic) bond motifs is 1. The second-order valence-electron chi connectivity index (χ2n) is 9.64. The van der Waals surface area contributed by atoms with Crippen LogP contribution < -0.4 is 19.8 Å². The molecule has 0 N–H and O–H groups in total. The van der Waals surface area contributed by atoms with Gasteiger partial charge in [0.15, 0.2) is 11.5 Å². The highest BCUT2D eigenvalue weighted by Gasteiger charge is 2.39. The molecular weight excluding hydrogens is 328 g/mol. The van der Waals surface area contributed by atoms with Crippen LogP contribution in [0.2, 0.25) is 39.3 Å². The maximum atomic E-state index is 5.99. The van der Waals surface area contributed by atoms with Gasteiger partial charge in [-0.3, -0.25) is 0 Å². The Labute approximate surface area is 151 Å². The zero-order chi connectivity index (χ0) is 18.4. The highest BCUT2D eigenvalue weighted by atomic mass is 28.3. The number of methoxy groups -OCH3 is 2. The lowest BCUT2D eigenvalue weighted by atomic mass is 9.77. The van der Waals surface area contributed by atoms with Crippen LogP contribution in [0.3, 0.4) is 0 Å². The van der Waals surface area contributed by atoms with Gasteiger partial charge in [0.2, 0.25) is 0 Å². The number of hydrogen-bond acceptors (Lipinski definition) is 2. The number of benzene rings is 1. The summed E-state index contributed by atoms with van der Waals surface area (Å²) in [6.45, 7) is 19.4. The first-order valence-electron chi connectivity index (χ1n) is 9.24. The third-order valence-corrected chi connectivity index (χ3v) is 9.62. The largest absolute Gasteiger partial charge is 0.493 e. The Bertz CT molecular complexity index is 569. The Balaban J connectivity index is 2.97. The van der Waals surface area contributed by atoms with Gasteiger partial charge in [0.05, 0.1) is 30.4 Å². The molecule has 0 spiro atoms. The smallest absolute Gasteiger partial charge is 0.160 e. The summed E-state index contributed by atoms with van der Waals surface area (Å²) in [7, 11) is 0.534. The minimum atomic E-state index is -1.55. The molecule has 2 nitrogen and oxygen atoms in total. The summed E-state index contributed by atoms with van der Waals surface area (Å²) in [5, 5.41) is 3.00. The van der Waals surface area contributed by atoms with E-state index >= 15 is 0 Å². The fourth-order valence-electron chi connectivity index (χ4n) is 4.28. The Morgan fingerprint density at radius 3 is 1.17 bits per heavy atom. The standard InChI is InChI=1S/C20H36O2Si2/c1-13-11-15-16(12-14(13)2)20(24(8,9)10)18(22-4)17(21-3)19(15)23(5,6)7/h13-14H,11-12H2,1-10H3/t13-,14-/m1/s1. The van der Waals surface area contributed by atoms with E-state index in [1.165, 1.54) is 23.2 Å². The van der Waals surface area contributed by atoms with Crippen LogP contribution >= 0.6 is 0 Å². The predicted molar refractivity (Wildman–Crippen MR) is 111 cm³/mol. The van der Waals surface area contributed by atoms with Crippen molar-refractivity contribution in [2.24, 2.45) is 11.8 Å². The molecule has 4 heteroatoms. The van der Waals surface area contributed by atoms with Gasteiger partial charge in [0.25, 0.3) is 0 Å². The Morgan fingerprint density at radius 2 is 0.958 bits per heavy atom. The fourth-order valence-corrected chi connectivity index (χ4v) is 8.39. The van der Waals surface area contributed by atoms with Gasteiger partial charge in [-0.2, -0.15) is 0 Å². The van der Waals surface area contributed by atoms with Crippen molar-refractivity contribution in [1.29, 1.82) is 0 Å². The molecule has 1 aliphatic carbocycles. The summed E-state index contributed by atoms with van der Waals surface area (Å²) in [5.74, 6) is 3.55. The van der Waals surface area contributed by atoms with Gasteiger partial charge < -0.3 is 9.47 Å². The van der Waals surface area contributed by atoms with Crippen LogP contribution in [-0.2, 0) is 12.8 Å². The third kappa shape index (κ3) is 3.32. The van der Waals surface area contributed by atoms with Crippen molar-refractivity contribution >= 4 is 26.5 Å². The molecular formula is C20H36O2Si2. The lowest BCUT2D eigenvalue weighted by molar-refractivity contribution is 0.346. The minimum Gasteiger partial charge on any atom is -0.493 e. The van der Waals surface area contributed by atoms with E-state index < -0.39 is 16.1 Å². The normalized spacial score (nSPS) is 21.4. The van der Waals surface area contributed by atoms with Crippen LogP contribution in [0.4, 0.5) is 0 Å². The van der Waals surface area contributed by atoms with Gasteiger partial charge in [-0.05, 0) is 46.2 Å². The summed E-state index contributed by atoms with van der Waals surface area (Å²) < 4.78 is 12.0. The molecule has 0 aliphatic heterocycles. The molecule has 0 fully saturated rings. The van der Waals surface area contributed by atoms with Gasteiger partial charge in [0, 0.05) is 0 Å². The maximum Gasteiger partial charge on any atom is 0.160 e. The summed E-state index contributed by atoms with van der Waals surface area (Å²) in [4.78, 5) is 0. The first-order valence-corrected chi connectivity index (χ1v) is 16.2. The summed E-state index contributed by atoms with van der Waals surface area (Å²) >= 11 is 0. The summed E-state index contributed by atoms with van der Waals surface area (Å²) in [5.41, 5.74) is 3.21. The lowest BCUT2D eigenvalue weighted by Gasteiger charge is -2.39. The lowest BCUT2D eigenvalue weighted by Crippen LogP contribution is -2.50. The molecule has 0 heterocycles. The van der Waals surface area contributed by atoms with E-state index in [1.54, 1.807) is 11.1 Å². The SMILES string of the molecule is COc1c(OC)c([Si](C)(C)C)c2c(c1[Si](C)(C)C)C[C@@H](C)[C@H](C)C2. The van der Waals surface area contributed by atoms with Crippen LogP contribution in [0.1, 0.15) is 25.0 Å². The van der Waals surface area contributed by atoms with Gasteiger partial charge in [0.1, 0.15) is 0 Å². The predicted octanol–water partition coefficient (Wildman–Crippen LogP) is 4.17. The van der Waals surface area contributed by atoms with E-state index in [4.69, 9.17) is 9.47 Å². The van der Waals surface area contributed by atoms with E-state index in [9.17, 15) is 0 Å². The van der Waals surface area contributed by atoms with E-state index in [-0.39, 0.29) is 0 Å². The van der Waals surface area contributed by atoms with Gasteiger partial charge in [-0.25, -0.2) is 0 Å². The minimum absolute atomic E-state index is 0.736. The van der Waals surface area contributed by atoms with Crippen LogP contribution in [-0.4, -0.2) is 30.4 Å². The fraction of sp³-hybridized carbons (Fsp3) is 0.700. The van der Waals surface area contributed by atoms with Gasteiger partial charge in [-0.15, -0.1) is 0 Å². The van der Waals surface area contributed by atoms with Crippen LogP contribution in [0, 0.1) is 11.8 Å². The van der Waals surface area contributed by atoms with Crippen LogP contribution in [0.25, 0.3) is 0 Å². The van der Waals surface area contributed by atoms with Crippen molar-refractivity contribution in [3.05, 3.63) is 11.1 Å². The molecule has 136 valence electrons. The number of ether oxygens (including phenoxy) is 2. The van der Waals surface area contributed by atoms with Crippen molar-refractivity contribution < 1.29 is 9.47 Å². The highest BCUT2D eigenvalue weighted by Crippen LogP contribution is 2.38. The molecule has 0 aromatic heterocycles. The molecule has 0 saturated carbocycles. The first-order chi connectivity index (χ1) is 10.9. The zero-order valence-electron chi connectivity index (χ0n) is 17.4. The summed E-state index contributed by atoms with van der Waals surface area (Å²) in [6.07, 6.45) is 2.38. The second-order valence-corrected chi connectivity index (χ2v) is 19.6. The van der Waals surface area contributed by atoms with Crippen molar-refractivity contribution in [3.63, 3.8) is 0 Å². The molecule has 24 heavy (non-hydrogen) atoms. The molecule has 0 radical (unpaired) electrons. The third-order valence-electron chi connectivity index (χ3n) is 5.56. The number of hydrogen-bond donors (Lipinski definition) is 0.